The van der Waals surface area contributed by atoms with Gasteiger partial charge in [-0.3, -0.25) is 4.99 Å². The summed E-state index contributed by atoms with van der Waals surface area (Å²) in [6, 6.07) is 0. The van der Waals surface area contributed by atoms with E-state index >= 15 is 0 Å². The molecule has 8 heavy (non-hydrogen) atoms. The lowest BCUT2D eigenvalue weighted by Crippen LogP contribution is -2.26. The summed E-state index contributed by atoms with van der Waals surface area (Å²) < 4.78 is 6.81. The topological polar surface area (TPSA) is 70.6 Å². The molecule has 4 nitrogen and oxygen atoms in total. The standard InChI is InChI=1S/C3H7N3.BrHO/c4-3-5-1-2-6-3;1-2/h1-2H2,(H3,4,5,6);2H. The number of hydrogen-bond donors (Lipinski definition) is 3. The molecule has 0 bridgehead atoms. The first-order valence-electron chi connectivity index (χ1n) is 2.10. The first kappa shape index (κ1) is 7.71. The second kappa shape index (κ2) is 4.86. The fourth-order valence-corrected chi connectivity index (χ4v) is 0.416. The molecule has 0 atom stereocenters. The maximum Gasteiger partial charge on any atom is 0.188 e. The van der Waals surface area contributed by atoms with Crippen LogP contribution in [0.25, 0.3) is 0 Å². The zero-order chi connectivity index (χ0) is 6.41. The molecule has 1 heterocycles. The minimum absolute atomic E-state index is 0.579. The van der Waals surface area contributed by atoms with Gasteiger partial charge in [-0.25, -0.2) is 0 Å². The van der Waals surface area contributed by atoms with Crippen LogP contribution < -0.4 is 11.1 Å². The minimum atomic E-state index is 0.579. The van der Waals surface area contributed by atoms with Gasteiger partial charge in [-0.15, -0.1) is 0 Å². The summed E-state index contributed by atoms with van der Waals surface area (Å²) in [5, 5.41) is 2.85. The molecule has 0 radical (unpaired) electrons. The molecule has 0 fully saturated rings. The van der Waals surface area contributed by atoms with E-state index in [4.69, 9.17) is 9.93 Å². The van der Waals surface area contributed by atoms with E-state index in [1.807, 2.05) is 16.3 Å². The highest BCUT2D eigenvalue weighted by Crippen LogP contribution is 1.74. The van der Waals surface area contributed by atoms with Crippen molar-refractivity contribution in [2.24, 2.45) is 10.7 Å². The van der Waals surface area contributed by atoms with Gasteiger partial charge < -0.3 is 15.2 Å². The first-order valence-corrected chi connectivity index (χ1v) is 2.81. The summed E-state index contributed by atoms with van der Waals surface area (Å²) in [6.45, 7) is 1.75. The van der Waals surface area contributed by atoms with Crippen LogP contribution in [0.4, 0.5) is 0 Å². The van der Waals surface area contributed by atoms with Gasteiger partial charge >= 0.3 is 0 Å². The molecule has 1 aliphatic rings. The highest BCUT2D eigenvalue weighted by Gasteiger charge is 1.94. The Morgan fingerprint density at radius 3 is 2.50 bits per heavy atom. The molecule has 0 saturated heterocycles. The van der Waals surface area contributed by atoms with E-state index in [0.29, 0.717) is 5.96 Å². The van der Waals surface area contributed by atoms with Crippen LogP contribution in [0.2, 0.25) is 0 Å². The summed E-state index contributed by atoms with van der Waals surface area (Å²) in [5.74, 6) is 0.579. The molecule has 0 aromatic rings. The molecule has 0 spiro atoms. The first-order chi connectivity index (χ1) is 3.89. The smallest absolute Gasteiger partial charge is 0.188 e. The number of rotatable bonds is 0. The van der Waals surface area contributed by atoms with E-state index in [1.54, 1.807) is 0 Å². The fraction of sp³-hybridized carbons (Fsp3) is 0.667. The number of guanidine groups is 1. The normalized spacial score (nSPS) is 15.5. The number of aliphatic imine (C=N–C) groups is 1. The molecule has 1 aliphatic heterocycles. The third-order valence-electron chi connectivity index (χ3n) is 0.700. The minimum Gasteiger partial charge on any atom is -0.370 e. The van der Waals surface area contributed by atoms with E-state index in [0.717, 1.165) is 13.1 Å². The largest absolute Gasteiger partial charge is 0.370 e. The number of nitrogens with two attached hydrogens (primary N) is 1. The van der Waals surface area contributed by atoms with Crippen molar-refractivity contribution >= 4 is 22.2 Å². The predicted molar refractivity (Wildman–Crippen MR) is 35.6 cm³/mol. The van der Waals surface area contributed by atoms with E-state index in [-0.39, 0.29) is 0 Å². The van der Waals surface area contributed by atoms with Gasteiger partial charge in [0.2, 0.25) is 0 Å². The zero-order valence-corrected chi connectivity index (χ0v) is 5.85. The Hall–Kier alpha value is -0.290. The summed E-state index contributed by atoms with van der Waals surface area (Å²) in [5.41, 5.74) is 5.17. The molecule has 0 unspecified atom stereocenters. The zero-order valence-electron chi connectivity index (χ0n) is 4.26. The Morgan fingerprint density at radius 1 is 1.75 bits per heavy atom. The van der Waals surface area contributed by atoms with E-state index in [2.05, 4.69) is 10.3 Å². The number of nitrogens with zero attached hydrogens (tertiary/aromatic N) is 1. The van der Waals surface area contributed by atoms with Crippen molar-refractivity contribution in [2.75, 3.05) is 13.1 Å². The molecule has 1 rings (SSSR count). The summed E-state index contributed by atoms with van der Waals surface area (Å²) in [6.07, 6.45) is 0. The van der Waals surface area contributed by atoms with Gasteiger partial charge in [-0.1, -0.05) is 0 Å². The van der Waals surface area contributed by atoms with Crippen molar-refractivity contribution < 1.29 is 4.20 Å². The van der Waals surface area contributed by atoms with E-state index in [9.17, 15) is 0 Å². The van der Waals surface area contributed by atoms with Crippen LogP contribution in [0, 0.1) is 0 Å². The van der Waals surface area contributed by atoms with Crippen molar-refractivity contribution in [2.45, 2.75) is 0 Å². The summed E-state index contributed by atoms with van der Waals surface area (Å²) in [7, 11) is 0. The van der Waals surface area contributed by atoms with Gasteiger partial charge in [0, 0.05) is 6.54 Å². The van der Waals surface area contributed by atoms with Crippen LogP contribution in [0.1, 0.15) is 0 Å². The highest BCUT2D eigenvalue weighted by molar-refractivity contribution is 9.05. The maximum absolute atomic E-state index is 6.81. The van der Waals surface area contributed by atoms with Gasteiger partial charge in [0.25, 0.3) is 0 Å². The highest BCUT2D eigenvalue weighted by atomic mass is 79.9. The van der Waals surface area contributed by atoms with Gasteiger partial charge in [0.1, 0.15) is 0 Å². The average molecular weight is 182 g/mol. The summed E-state index contributed by atoms with van der Waals surface area (Å²) >= 11 is 1.94. The van der Waals surface area contributed by atoms with Crippen molar-refractivity contribution in [3.63, 3.8) is 0 Å². The lowest BCUT2D eigenvalue weighted by molar-refractivity contribution is 0.702. The second-order valence-electron chi connectivity index (χ2n) is 1.19. The van der Waals surface area contributed by atoms with Crippen molar-refractivity contribution in [3.05, 3.63) is 0 Å². The quantitative estimate of drug-likeness (QED) is 0.459. The van der Waals surface area contributed by atoms with Crippen LogP contribution in [-0.2, 0) is 0 Å². The van der Waals surface area contributed by atoms with Gasteiger partial charge in [0.05, 0.1) is 22.8 Å². The lowest BCUT2D eigenvalue weighted by Gasteiger charge is -1.85. The molecule has 0 amide bonds. The van der Waals surface area contributed by atoms with Crippen molar-refractivity contribution in [1.82, 2.24) is 5.32 Å². The molecular formula is C3H8BrN3O. The SMILES string of the molecule is NC1=NCCN1.OBr. The number of halogens is 1. The third-order valence-corrected chi connectivity index (χ3v) is 0.700. The molecule has 4 N–H and O–H groups in total. The Bertz CT molecular complexity index is 84.6. The predicted octanol–water partition coefficient (Wildman–Crippen LogP) is -0.807. The molecule has 48 valence electrons. The Balaban J connectivity index is 0.000000222. The molecule has 5 heteroatoms. The average Bonchev–Trinajstić information content (AvgIpc) is 2.24. The molecule has 0 saturated carbocycles. The number of nitrogens with one attached hydrogen (secondary N) is 1. The fourth-order valence-electron chi connectivity index (χ4n) is 0.416. The molecule has 0 aromatic carbocycles. The van der Waals surface area contributed by atoms with Crippen LogP contribution >= 0.6 is 16.3 Å². The van der Waals surface area contributed by atoms with Crippen LogP contribution in [0.3, 0.4) is 0 Å². The molecular weight excluding hydrogens is 174 g/mol. The Kier molecular flexibility index (Phi) is 4.68. The van der Waals surface area contributed by atoms with E-state index < -0.39 is 0 Å². The van der Waals surface area contributed by atoms with Crippen molar-refractivity contribution in [1.29, 1.82) is 0 Å². The Morgan fingerprint density at radius 2 is 2.38 bits per heavy atom. The van der Waals surface area contributed by atoms with Crippen LogP contribution in [0.15, 0.2) is 4.99 Å². The third kappa shape index (κ3) is 2.81. The summed E-state index contributed by atoms with van der Waals surface area (Å²) in [4.78, 5) is 3.82. The van der Waals surface area contributed by atoms with E-state index in [1.165, 1.54) is 0 Å². The second-order valence-corrected chi connectivity index (χ2v) is 1.19. The molecule has 0 aromatic heterocycles. The monoisotopic (exact) mass is 181 g/mol. The van der Waals surface area contributed by atoms with Crippen LogP contribution in [-0.4, -0.2) is 23.2 Å². The maximum atomic E-state index is 6.81. The van der Waals surface area contributed by atoms with Crippen molar-refractivity contribution in [3.8, 4) is 0 Å². The molecule has 0 aliphatic carbocycles. The van der Waals surface area contributed by atoms with Gasteiger partial charge in [0.15, 0.2) is 5.96 Å². The van der Waals surface area contributed by atoms with Gasteiger partial charge in [-0.05, 0) is 0 Å². The lowest BCUT2D eigenvalue weighted by atomic mass is 10.7. The Labute approximate surface area is 56.2 Å². The van der Waals surface area contributed by atoms with Crippen LogP contribution in [0.5, 0.6) is 0 Å². The number of hydrogen-bond acceptors (Lipinski definition) is 4. The van der Waals surface area contributed by atoms with Gasteiger partial charge in [-0.2, -0.15) is 0 Å².